The van der Waals surface area contributed by atoms with Gasteiger partial charge in [-0.1, -0.05) is 18.2 Å². The van der Waals surface area contributed by atoms with Crippen LogP contribution in [0.5, 0.6) is 5.75 Å². The van der Waals surface area contributed by atoms with Gasteiger partial charge in [-0.3, -0.25) is 4.79 Å². The fourth-order valence-corrected chi connectivity index (χ4v) is 2.87. The number of hydrogen-bond acceptors (Lipinski definition) is 3. The summed E-state index contributed by atoms with van der Waals surface area (Å²) in [6.07, 6.45) is 1.33. The number of nitrogens with zero attached hydrogens (tertiary/aromatic N) is 1. The van der Waals surface area contributed by atoms with Crippen molar-refractivity contribution < 1.29 is 9.53 Å². The summed E-state index contributed by atoms with van der Waals surface area (Å²) >= 11 is 1.63. The normalized spacial score (nSPS) is 12.0. The van der Waals surface area contributed by atoms with E-state index in [-0.39, 0.29) is 11.9 Å². The molecule has 0 aliphatic heterocycles. The molecule has 4 heteroatoms. The average Bonchev–Trinajstić information content (AvgIpc) is 3.00. The van der Waals surface area contributed by atoms with Crippen LogP contribution in [0, 0.1) is 0 Å². The third kappa shape index (κ3) is 4.33. The highest BCUT2D eigenvalue weighted by Crippen LogP contribution is 2.15. The molecular weight excluding hydrogens is 282 g/mol. The molecule has 0 spiro atoms. The number of hydrogen-bond donors (Lipinski definition) is 0. The van der Waals surface area contributed by atoms with E-state index < -0.39 is 0 Å². The van der Waals surface area contributed by atoms with Gasteiger partial charge in [0.05, 0.1) is 13.5 Å². The summed E-state index contributed by atoms with van der Waals surface area (Å²) in [5.74, 6) is 1.02. The van der Waals surface area contributed by atoms with E-state index in [1.54, 1.807) is 18.4 Å². The predicted octanol–water partition coefficient (Wildman–Crippen LogP) is 3.39. The van der Waals surface area contributed by atoms with Gasteiger partial charge in [-0.15, -0.1) is 11.3 Å². The number of benzene rings is 1. The van der Waals surface area contributed by atoms with Gasteiger partial charge in [-0.2, -0.15) is 0 Å². The summed E-state index contributed by atoms with van der Waals surface area (Å²) < 4.78 is 5.16. The molecule has 0 fully saturated rings. The third-order valence-corrected chi connectivity index (χ3v) is 4.53. The highest BCUT2D eigenvalue weighted by molar-refractivity contribution is 7.10. The number of methoxy groups -OCH3 is 1. The van der Waals surface area contributed by atoms with Crippen LogP contribution in [0.15, 0.2) is 41.8 Å². The number of thiophene rings is 1. The molecule has 0 radical (unpaired) electrons. The minimum Gasteiger partial charge on any atom is -0.497 e. The van der Waals surface area contributed by atoms with E-state index in [4.69, 9.17) is 4.74 Å². The van der Waals surface area contributed by atoms with Gasteiger partial charge < -0.3 is 9.64 Å². The number of carbonyl (C=O) groups is 1. The average molecular weight is 303 g/mol. The monoisotopic (exact) mass is 303 g/mol. The summed E-state index contributed by atoms with van der Waals surface area (Å²) in [7, 11) is 3.54. The van der Waals surface area contributed by atoms with Gasteiger partial charge >= 0.3 is 0 Å². The predicted molar refractivity (Wildman–Crippen MR) is 87.0 cm³/mol. The minimum absolute atomic E-state index is 0.165. The SMILES string of the molecule is COc1ccc(CC(C)N(C)C(=O)Cc2cccs2)cc1. The molecule has 1 aromatic heterocycles. The molecule has 1 amide bonds. The zero-order chi connectivity index (χ0) is 15.2. The molecule has 1 aromatic carbocycles. The molecule has 0 bridgehead atoms. The lowest BCUT2D eigenvalue weighted by atomic mass is 10.1. The summed E-state index contributed by atoms with van der Waals surface area (Å²) in [6, 6.07) is 12.2. The van der Waals surface area contributed by atoms with E-state index in [2.05, 4.69) is 6.92 Å². The molecule has 0 N–H and O–H groups in total. The van der Waals surface area contributed by atoms with E-state index in [9.17, 15) is 4.79 Å². The first-order valence-electron chi connectivity index (χ1n) is 7.01. The van der Waals surface area contributed by atoms with Crippen molar-refractivity contribution in [2.24, 2.45) is 0 Å². The molecule has 0 saturated heterocycles. The van der Waals surface area contributed by atoms with E-state index in [0.717, 1.165) is 17.0 Å². The number of amides is 1. The maximum absolute atomic E-state index is 12.3. The van der Waals surface area contributed by atoms with Crippen LogP contribution in [-0.4, -0.2) is 31.0 Å². The third-order valence-electron chi connectivity index (χ3n) is 3.65. The Morgan fingerprint density at radius 1 is 1.29 bits per heavy atom. The van der Waals surface area contributed by atoms with Gasteiger partial charge in [0.1, 0.15) is 5.75 Å². The highest BCUT2D eigenvalue weighted by Gasteiger charge is 2.16. The Morgan fingerprint density at radius 3 is 2.57 bits per heavy atom. The van der Waals surface area contributed by atoms with Crippen LogP contribution in [-0.2, 0) is 17.6 Å². The van der Waals surface area contributed by atoms with Crippen molar-refractivity contribution in [3.8, 4) is 5.75 Å². The van der Waals surface area contributed by atoms with E-state index in [0.29, 0.717) is 6.42 Å². The first-order valence-corrected chi connectivity index (χ1v) is 7.89. The van der Waals surface area contributed by atoms with Crippen LogP contribution < -0.4 is 4.74 Å². The smallest absolute Gasteiger partial charge is 0.227 e. The van der Waals surface area contributed by atoms with E-state index in [1.807, 2.05) is 53.7 Å². The Balaban J connectivity index is 1.91. The second-order valence-electron chi connectivity index (χ2n) is 5.16. The molecular formula is C17H21NO2S. The molecule has 0 saturated carbocycles. The zero-order valence-electron chi connectivity index (χ0n) is 12.7. The van der Waals surface area contributed by atoms with Crippen molar-refractivity contribution in [3.63, 3.8) is 0 Å². The topological polar surface area (TPSA) is 29.5 Å². The van der Waals surface area contributed by atoms with Crippen molar-refractivity contribution in [3.05, 3.63) is 52.2 Å². The van der Waals surface area contributed by atoms with Crippen molar-refractivity contribution >= 4 is 17.2 Å². The Morgan fingerprint density at radius 2 is 2.00 bits per heavy atom. The number of likely N-dealkylation sites (N-methyl/N-ethyl adjacent to an activating group) is 1. The van der Waals surface area contributed by atoms with Gasteiger partial charge in [0.25, 0.3) is 0 Å². The molecule has 0 aliphatic carbocycles. The van der Waals surface area contributed by atoms with Crippen molar-refractivity contribution in [1.29, 1.82) is 0 Å². The summed E-state index contributed by atoms with van der Waals surface area (Å²) in [4.78, 5) is 15.2. The largest absolute Gasteiger partial charge is 0.497 e. The molecule has 21 heavy (non-hydrogen) atoms. The van der Waals surface area contributed by atoms with Crippen LogP contribution in [0.2, 0.25) is 0 Å². The lowest BCUT2D eigenvalue weighted by molar-refractivity contribution is -0.130. The quantitative estimate of drug-likeness (QED) is 0.818. The number of carbonyl (C=O) groups excluding carboxylic acids is 1. The van der Waals surface area contributed by atoms with Gasteiger partial charge in [-0.05, 0) is 42.5 Å². The van der Waals surface area contributed by atoms with Gasteiger partial charge in [0.15, 0.2) is 0 Å². The van der Waals surface area contributed by atoms with Crippen LogP contribution >= 0.6 is 11.3 Å². The lowest BCUT2D eigenvalue weighted by Gasteiger charge is -2.25. The fourth-order valence-electron chi connectivity index (χ4n) is 2.17. The molecule has 2 rings (SSSR count). The molecule has 2 aromatic rings. The summed E-state index contributed by atoms with van der Waals surface area (Å²) in [5, 5.41) is 2.00. The van der Waals surface area contributed by atoms with Gasteiger partial charge in [0.2, 0.25) is 5.91 Å². The lowest BCUT2D eigenvalue weighted by Crippen LogP contribution is -2.37. The zero-order valence-corrected chi connectivity index (χ0v) is 13.5. The summed E-state index contributed by atoms with van der Waals surface area (Å²) in [6.45, 7) is 2.08. The molecule has 1 heterocycles. The van der Waals surface area contributed by atoms with Crippen LogP contribution in [0.3, 0.4) is 0 Å². The first-order chi connectivity index (χ1) is 10.1. The van der Waals surface area contributed by atoms with Gasteiger partial charge in [-0.25, -0.2) is 0 Å². The molecule has 112 valence electrons. The molecule has 1 atom stereocenters. The number of rotatable bonds is 6. The number of ether oxygens (including phenoxy) is 1. The van der Waals surface area contributed by atoms with Crippen LogP contribution in [0.4, 0.5) is 0 Å². The maximum Gasteiger partial charge on any atom is 0.227 e. The van der Waals surface area contributed by atoms with Crippen LogP contribution in [0.1, 0.15) is 17.4 Å². The standard InChI is InChI=1S/C17H21NO2S/c1-13(11-14-6-8-15(20-3)9-7-14)18(2)17(19)12-16-5-4-10-21-16/h4-10,13H,11-12H2,1-3H3. The second kappa shape index (κ2) is 7.27. The van der Waals surface area contributed by atoms with Gasteiger partial charge in [0, 0.05) is 18.0 Å². The molecule has 1 unspecified atom stereocenters. The fraction of sp³-hybridized carbons (Fsp3) is 0.353. The highest BCUT2D eigenvalue weighted by atomic mass is 32.1. The Kier molecular flexibility index (Phi) is 5.39. The Labute approximate surface area is 130 Å². The Bertz CT molecular complexity index is 563. The molecule has 3 nitrogen and oxygen atoms in total. The second-order valence-corrected chi connectivity index (χ2v) is 6.19. The summed E-state index contributed by atoms with van der Waals surface area (Å²) in [5.41, 5.74) is 1.21. The minimum atomic E-state index is 0.165. The van der Waals surface area contributed by atoms with Crippen molar-refractivity contribution in [1.82, 2.24) is 4.90 Å². The van der Waals surface area contributed by atoms with Crippen molar-refractivity contribution in [2.75, 3.05) is 14.2 Å². The maximum atomic E-state index is 12.3. The van der Waals surface area contributed by atoms with Crippen LogP contribution in [0.25, 0.3) is 0 Å². The van der Waals surface area contributed by atoms with Crippen molar-refractivity contribution in [2.45, 2.75) is 25.8 Å². The Hall–Kier alpha value is -1.81. The molecule has 0 aliphatic rings. The van der Waals surface area contributed by atoms with E-state index in [1.165, 1.54) is 5.56 Å². The first kappa shape index (κ1) is 15.6. The van der Waals surface area contributed by atoms with E-state index >= 15 is 0 Å².